The number of aldehydes is 1. The highest BCUT2D eigenvalue weighted by atomic mass is 16.1. The summed E-state index contributed by atoms with van der Waals surface area (Å²) in [5.74, 6) is 0.794. The highest BCUT2D eigenvalue weighted by Crippen LogP contribution is 2.39. The van der Waals surface area contributed by atoms with Crippen LogP contribution in [0.3, 0.4) is 0 Å². The summed E-state index contributed by atoms with van der Waals surface area (Å²) in [7, 11) is 0. The summed E-state index contributed by atoms with van der Waals surface area (Å²) in [5, 5.41) is 8.53. The average molecular weight is 187 g/mol. The van der Waals surface area contributed by atoms with Crippen LogP contribution in [0.5, 0.6) is 0 Å². The molecule has 1 aromatic carbocycles. The molecule has 0 heterocycles. The fourth-order valence-corrected chi connectivity index (χ4v) is 1.25. The zero-order valence-corrected chi connectivity index (χ0v) is 8.23. The van der Waals surface area contributed by atoms with E-state index in [1.165, 1.54) is 25.3 Å². The van der Waals surface area contributed by atoms with Gasteiger partial charge in [-0.2, -0.15) is 5.26 Å². The number of carbonyl (C=O) groups excluding carboxylic acids is 1. The lowest BCUT2D eigenvalue weighted by molar-refractivity contribution is -0.106. The van der Waals surface area contributed by atoms with Crippen molar-refractivity contribution in [2.75, 3.05) is 0 Å². The molecule has 0 aliphatic heterocycles. The van der Waals surface area contributed by atoms with Gasteiger partial charge in [0.15, 0.2) is 0 Å². The third-order valence-electron chi connectivity index (χ3n) is 2.09. The molecule has 0 bridgehead atoms. The molecule has 2 rings (SSSR count). The molecular weight excluding hydrogens is 174 g/mol. The van der Waals surface area contributed by atoms with E-state index in [-0.39, 0.29) is 0 Å². The maximum atomic E-state index is 8.81. The molecule has 0 N–H and O–H groups in total. The summed E-state index contributed by atoms with van der Waals surface area (Å²) in [5.41, 5.74) is 2.15. The topological polar surface area (TPSA) is 40.9 Å². The van der Waals surface area contributed by atoms with Crippen molar-refractivity contribution in [1.82, 2.24) is 0 Å². The molecule has 0 saturated heterocycles. The lowest BCUT2D eigenvalue weighted by Crippen LogP contribution is -1.78. The number of hydrogen-bond acceptors (Lipinski definition) is 2. The van der Waals surface area contributed by atoms with Crippen molar-refractivity contribution >= 4 is 6.29 Å². The molecule has 72 valence electrons. The molecule has 14 heavy (non-hydrogen) atoms. The first kappa shape index (κ1) is 10.5. The van der Waals surface area contributed by atoms with Crippen LogP contribution >= 0.6 is 0 Å². The van der Waals surface area contributed by atoms with Crippen LogP contribution in [0.25, 0.3) is 0 Å². The van der Waals surface area contributed by atoms with Crippen molar-refractivity contribution in [3.05, 3.63) is 35.4 Å². The molecule has 0 aromatic heterocycles. The minimum Gasteiger partial charge on any atom is -0.304 e. The molecule has 2 heteroatoms. The van der Waals surface area contributed by atoms with Crippen molar-refractivity contribution < 1.29 is 4.79 Å². The fourth-order valence-electron chi connectivity index (χ4n) is 1.25. The Morgan fingerprint density at radius 2 is 1.86 bits per heavy atom. The number of nitriles is 1. The molecule has 0 radical (unpaired) electrons. The predicted molar refractivity (Wildman–Crippen MR) is 54.9 cm³/mol. The highest BCUT2D eigenvalue weighted by molar-refractivity contribution is 5.44. The predicted octanol–water partition coefficient (Wildman–Crippen LogP) is 2.64. The molecule has 1 aromatic rings. The standard InChI is InChI=1S/C10H9N.C2H4O/c11-7-8-1-3-9(4-2-8)10-5-6-10;1-2-3/h1-4,10H,5-6H2;2H,1H3. The van der Waals surface area contributed by atoms with Gasteiger partial charge in [0.2, 0.25) is 0 Å². The second-order valence-electron chi connectivity index (χ2n) is 3.24. The maximum Gasteiger partial charge on any atom is 0.116 e. The fraction of sp³-hybridized carbons (Fsp3) is 0.333. The third kappa shape index (κ3) is 3.02. The molecule has 1 aliphatic carbocycles. The maximum absolute atomic E-state index is 8.81. The van der Waals surface area contributed by atoms with Gasteiger partial charge in [-0.05, 0) is 43.4 Å². The van der Waals surface area contributed by atoms with E-state index in [4.69, 9.17) is 10.1 Å². The zero-order valence-electron chi connectivity index (χ0n) is 8.23. The van der Waals surface area contributed by atoms with E-state index < -0.39 is 0 Å². The summed E-state index contributed by atoms with van der Waals surface area (Å²) in [6.07, 6.45) is 3.40. The van der Waals surface area contributed by atoms with Gasteiger partial charge in [-0.25, -0.2) is 0 Å². The number of carbonyl (C=O) groups is 1. The Hall–Kier alpha value is -1.62. The van der Waals surface area contributed by atoms with Gasteiger partial charge < -0.3 is 4.79 Å². The minimum absolute atomic E-state index is 0.750. The van der Waals surface area contributed by atoms with E-state index in [0.29, 0.717) is 0 Å². The molecule has 1 saturated carbocycles. The Morgan fingerprint density at radius 1 is 1.36 bits per heavy atom. The lowest BCUT2D eigenvalue weighted by atomic mass is 10.1. The molecule has 0 unspecified atom stereocenters. The van der Waals surface area contributed by atoms with Gasteiger partial charge in [0.25, 0.3) is 0 Å². The van der Waals surface area contributed by atoms with Crippen LogP contribution in [-0.2, 0) is 4.79 Å². The average Bonchev–Trinajstić information content (AvgIpc) is 3.03. The number of rotatable bonds is 1. The van der Waals surface area contributed by atoms with Crippen LogP contribution < -0.4 is 0 Å². The van der Waals surface area contributed by atoms with E-state index >= 15 is 0 Å². The van der Waals surface area contributed by atoms with Gasteiger partial charge in [0.1, 0.15) is 6.29 Å². The first-order valence-electron chi connectivity index (χ1n) is 4.71. The second kappa shape index (κ2) is 5.18. The first-order chi connectivity index (χ1) is 6.81. The lowest BCUT2D eigenvalue weighted by Gasteiger charge is -1.95. The van der Waals surface area contributed by atoms with Crippen molar-refractivity contribution in [2.45, 2.75) is 25.7 Å². The van der Waals surface area contributed by atoms with Gasteiger partial charge in [-0.1, -0.05) is 12.1 Å². The number of nitrogens with zero attached hydrogens (tertiary/aromatic N) is 1. The SMILES string of the molecule is CC=O.N#Cc1ccc(C2CC2)cc1. The van der Waals surface area contributed by atoms with Gasteiger partial charge in [-0.3, -0.25) is 0 Å². The quantitative estimate of drug-likeness (QED) is 0.634. The van der Waals surface area contributed by atoms with Crippen LogP contribution in [0.1, 0.15) is 36.8 Å². The van der Waals surface area contributed by atoms with Crippen molar-refractivity contribution in [3.8, 4) is 6.07 Å². The van der Waals surface area contributed by atoms with Gasteiger partial charge in [0.05, 0.1) is 11.6 Å². The zero-order chi connectivity index (χ0) is 10.4. The Balaban J connectivity index is 0.000000293. The van der Waals surface area contributed by atoms with Crippen molar-refractivity contribution in [2.24, 2.45) is 0 Å². The van der Waals surface area contributed by atoms with Crippen LogP contribution in [0.4, 0.5) is 0 Å². The van der Waals surface area contributed by atoms with E-state index in [2.05, 4.69) is 18.2 Å². The van der Waals surface area contributed by atoms with Gasteiger partial charge >= 0.3 is 0 Å². The van der Waals surface area contributed by atoms with E-state index in [0.717, 1.165) is 17.8 Å². The Labute approximate surface area is 84.2 Å². The smallest absolute Gasteiger partial charge is 0.116 e. The summed E-state index contributed by atoms with van der Waals surface area (Å²) in [4.78, 5) is 8.81. The molecule has 2 nitrogen and oxygen atoms in total. The molecule has 0 atom stereocenters. The van der Waals surface area contributed by atoms with E-state index in [1.807, 2.05) is 12.1 Å². The Morgan fingerprint density at radius 3 is 2.21 bits per heavy atom. The second-order valence-corrected chi connectivity index (χ2v) is 3.24. The Bertz CT molecular complexity index is 330. The van der Waals surface area contributed by atoms with Crippen LogP contribution in [0.15, 0.2) is 24.3 Å². The third-order valence-corrected chi connectivity index (χ3v) is 2.09. The molecular formula is C12H13NO. The first-order valence-corrected chi connectivity index (χ1v) is 4.71. The van der Waals surface area contributed by atoms with Gasteiger partial charge in [0, 0.05) is 0 Å². The number of hydrogen-bond donors (Lipinski definition) is 0. The molecule has 1 aliphatic rings. The molecule has 0 spiro atoms. The monoisotopic (exact) mass is 187 g/mol. The Kier molecular flexibility index (Phi) is 3.87. The van der Waals surface area contributed by atoms with Gasteiger partial charge in [-0.15, -0.1) is 0 Å². The summed E-state index contributed by atoms with van der Waals surface area (Å²) in [6, 6.07) is 10.0. The van der Waals surface area contributed by atoms with Crippen LogP contribution in [-0.4, -0.2) is 6.29 Å². The largest absolute Gasteiger partial charge is 0.304 e. The summed E-state index contributed by atoms with van der Waals surface area (Å²) in [6.45, 7) is 1.44. The van der Waals surface area contributed by atoms with E-state index in [9.17, 15) is 0 Å². The molecule has 0 amide bonds. The van der Waals surface area contributed by atoms with Crippen LogP contribution in [0.2, 0.25) is 0 Å². The molecule has 1 fully saturated rings. The minimum atomic E-state index is 0.750. The highest BCUT2D eigenvalue weighted by Gasteiger charge is 2.22. The van der Waals surface area contributed by atoms with Crippen LogP contribution in [0, 0.1) is 11.3 Å². The van der Waals surface area contributed by atoms with Crippen molar-refractivity contribution in [3.63, 3.8) is 0 Å². The van der Waals surface area contributed by atoms with Crippen molar-refractivity contribution in [1.29, 1.82) is 5.26 Å². The number of benzene rings is 1. The normalized spacial score (nSPS) is 13.4. The summed E-state index contributed by atoms with van der Waals surface area (Å²) < 4.78 is 0. The summed E-state index contributed by atoms with van der Waals surface area (Å²) >= 11 is 0. The van der Waals surface area contributed by atoms with E-state index in [1.54, 1.807) is 0 Å².